The van der Waals surface area contributed by atoms with Crippen LogP contribution < -0.4 is 19.9 Å². The lowest BCUT2D eigenvalue weighted by molar-refractivity contribution is 0.103. The molecule has 3 aromatic rings. The van der Waals surface area contributed by atoms with E-state index in [1.165, 1.54) is 0 Å². The first kappa shape index (κ1) is 19.6. The van der Waals surface area contributed by atoms with Gasteiger partial charge in [-0.05, 0) is 61.2 Å². The summed E-state index contributed by atoms with van der Waals surface area (Å²) in [5, 5.41) is 1.49. The van der Waals surface area contributed by atoms with Gasteiger partial charge in [0.25, 0.3) is 0 Å². The summed E-state index contributed by atoms with van der Waals surface area (Å²) < 4.78 is 16.4. The van der Waals surface area contributed by atoms with E-state index in [2.05, 4.69) is 4.98 Å². The molecular weight excluding hydrogens is 356 g/mol. The van der Waals surface area contributed by atoms with Crippen molar-refractivity contribution in [2.75, 3.05) is 14.2 Å². The molecule has 0 bridgehead atoms. The Morgan fingerprint density at radius 2 is 1.64 bits per heavy atom. The summed E-state index contributed by atoms with van der Waals surface area (Å²) in [5.41, 5.74) is 7.55. The minimum atomic E-state index is -0.183. The number of ether oxygens (including phenoxy) is 3. The smallest absolute Gasteiger partial charge is 0.211 e. The van der Waals surface area contributed by atoms with Crippen molar-refractivity contribution in [3.8, 4) is 17.2 Å². The molecule has 28 heavy (non-hydrogen) atoms. The highest BCUT2D eigenvalue weighted by molar-refractivity contribution is 6.15. The molecule has 1 heterocycles. The zero-order valence-electron chi connectivity index (χ0n) is 16.5. The maximum atomic E-state index is 13.1. The highest BCUT2D eigenvalue weighted by atomic mass is 16.5. The second kappa shape index (κ2) is 8.27. The van der Waals surface area contributed by atoms with Crippen LogP contribution in [0.25, 0.3) is 10.8 Å². The number of hydrogen-bond donors (Lipinski definition) is 1. The van der Waals surface area contributed by atoms with E-state index >= 15 is 0 Å². The molecule has 6 heteroatoms. The van der Waals surface area contributed by atoms with E-state index in [1.807, 2.05) is 19.9 Å². The SMILES string of the molecule is COc1cc2c(CN)cnc(C(=O)c3ccc(OC(C)C)cc3)c2cc1OC. The van der Waals surface area contributed by atoms with Crippen molar-refractivity contribution in [2.24, 2.45) is 5.73 Å². The second-order valence-corrected chi connectivity index (χ2v) is 6.61. The molecule has 2 N–H and O–H groups in total. The van der Waals surface area contributed by atoms with Crippen molar-refractivity contribution in [1.82, 2.24) is 4.98 Å². The standard InChI is InChI=1S/C22H24N2O4/c1-13(2)28-16-7-5-14(6-8-16)22(25)21-18-10-20(27-4)19(26-3)9-17(18)15(11-23)12-24-21/h5-10,12-13H,11,23H2,1-4H3. The number of aromatic nitrogens is 1. The summed E-state index contributed by atoms with van der Waals surface area (Å²) in [7, 11) is 3.12. The number of fused-ring (bicyclic) bond motifs is 1. The molecule has 0 amide bonds. The minimum Gasteiger partial charge on any atom is -0.493 e. The summed E-state index contributed by atoms with van der Waals surface area (Å²) >= 11 is 0. The fraction of sp³-hybridized carbons (Fsp3) is 0.273. The largest absolute Gasteiger partial charge is 0.493 e. The molecule has 0 atom stereocenters. The molecule has 0 spiro atoms. The molecular formula is C22H24N2O4. The Kier molecular flexibility index (Phi) is 5.80. The van der Waals surface area contributed by atoms with E-state index in [0.717, 1.165) is 10.9 Å². The zero-order valence-corrected chi connectivity index (χ0v) is 16.5. The van der Waals surface area contributed by atoms with E-state index in [0.29, 0.717) is 40.4 Å². The zero-order chi connectivity index (χ0) is 20.3. The van der Waals surface area contributed by atoms with Crippen molar-refractivity contribution < 1.29 is 19.0 Å². The number of nitrogens with two attached hydrogens (primary N) is 1. The van der Waals surface area contributed by atoms with Crippen LogP contribution in [0.3, 0.4) is 0 Å². The number of benzene rings is 2. The minimum absolute atomic E-state index is 0.0680. The molecule has 2 aromatic carbocycles. The Morgan fingerprint density at radius 1 is 1.04 bits per heavy atom. The average molecular weight is 380 g/mol. The molecule has 1 aromatic heterocycles. The quantitative estimate of drug-likeness (QED) is 0.629. The van der Waals surface area contributed by atoms with Crippen LogP contribution in [-0.2, 0) is 6.54 Å². The Hall–Kier alpha value is -3.12. The third-order valence-corrected chi connectivity index (χ3v) is 4.40. The number of hydrogen-bond acceptors (Lipinski definition) is 6. The van der Waals surface area contributed by atoms with Gasteiger partial charge >= 0.3 is 0 Å². The predicted molar refractivity (Wildman–Crippen MR) is 108 cm³/mol. The molecule has 0 unspecified atom stereocenters. The Morgan fingerprint density at radius 3 is 2.18 bits per heavy atom. The second-order valence-electron chi connectivity index (χ2n) is 6.61. The Labute approximate surface area is 164 Å². The van der Waals surface area contributed by atoms with Gasteiger partial charge in [-0.25, -0.2) is 0 Å². The van der Waals surface area contributed by atoms with Crippen LogP contribution in [0.5, 0.6) is 17.2 Å². The van der Waals surface area contributed by atoms with E-state index in [-0.39, 0.29) is 11.9 Å². The van der Waals surface area contributed by atoms with Gasteiger partial charge in [-0.3, -0.25) is 9.78 Å². The summed E-state index contributed by atoms with van der Waals surface area (Å²) in [5.74, 6) is 1.64. The maximum Gasteiger partial charge on any atom is 0.211 e. The van der Waals surface area contributed by atoms with Gasteiger partial charge in [0.1, 0.15) is 11.4 Å². The molecule has 3 rings (SSSR count). The number of rotatable bonds is 7. The monoisotopic (exact) mass is 380 g/mol. The van der Waals surface area contributed by atoms with Gasteiger partial charge in [-0.2, -0.15) is 0 Å². The maximum absolute atomic E-state index is 13.1. The van der Waals surface area contributed by atoms with Crippen LogP contribution >= 0.6 is 0 Å². The van der Waals surface area contributed by atoms with Crippen LogP contribution in [0.15, 0.2) is 42.6 Å². The van der Waals surface area contributed by atoms with Gasteiger partial charge in [-0.15, -0.1) is 0 Å². The molecule has 146 valence electrons. The Balaban J connectivity index is 2.10. The summed E-state index contributed by atoms with van der Waals surface area (Å²) in [4.78, 5) is 17.5. The summed E-state index contributed by atoms with van der Waals surface area (Å²) in [6.45, 7) is 4.21. The van der Waals surface area contributed by atoms with E-state index in [4.69, 9.17) is 19.9 Å². The number of carbonyl (C=O) groups excluding carboxylic acids is 1. The highest BCUT2D eigenvalue weighted by Crippen LogP contribution is 2.35. The number of methoxy groups -OCH3 is 2. The van der Waals surface area contributed by atoms with Gasteiger partial charge in [0.2, 0.25) is 5.78 Å². The number of carbonyl (C=O) groups is 1. The molecule has 0 saturated carbocycles. The van der Waals surface area contributed by atoms with Crippen LogP contribution in [0.1, 0.15) is 35.5 Å². The lowest BCUT2D eigenvalue weighted by atomic mass is 9.99. The molecule has 0 saturated heterocycles. The van der Waals surface area contributed by atoms with Gasteiger partial charge < -0.3 is 19.9 Å². The number of ketones is 1. The molecule has 0 aliphatic heterocycles. The van der Waals surface area contributed by atoms with Crippen molar-refractivity contribution in [1.29, 1.82) is 0 Å². The summed E-state index contributed by atoms with van der Waals surface area (Å²) in [6.07, 6.45) is 1.70. The molecule has 0 radical (unpaired) electrons. The number of pyridine rings is 1. The first-order valence-electron chi connectivity index (χ1n) is 9.03. The number of nitrogens with zero attached hydrogens (tertiary/aromatic N) is 1. The highest BCUT2D eigenvalue weighted by Gasteiger charge is 2.19. The van der Waals surface area contributed by atoms with Crippen molar-refractivity contribution in [2.45, 2.75) is 26.5 Å². The fourth-order valence-electron chi connectivity index (χ4n) is 3.06. The van der Waals surface area contributed by atoms with Crippen LogP contribution in [0, 0.1) is 0 Å². The van der Waals surface area contributed by atoms with Gasteiger partial charge in [0, 0.05) is 23.7 Å². The van der Waals surface area contributed by atoms with Gasteiger partial charge in [0.15, 0.2) is 11.5 Å². The van der Waals surface area contributed by atoms with Crippen molar-refractivity contribution in [3.05, 3.63) is 59.4 Å². The van der Waals surface area contributed by atoms with Gasteiger partial charge in [0.05, 0.1) is 20.3 Å². The fourth-order valence-corrected chi connectivity index (χ4v) is 3.06. The van der Waals surface area contributed by atoms with Crippen LogP contribution in [-0.4, -0.2) is 31.1 Å². The van der Waals surface area contributed by atoms with Gasteiger partial charge in [-0.1, -0.05) is 0 Å². The third kappa shape index (κ3) is 3.77. The lowest BCUT2D eigenvalue weighted by Gasteiger charge is -2.14. The lowest BCUT2D eigenvalue weighted by Crippen LogP contribution is -2.09. The van der Waals surface area contributed by atoms with Crippen molar-refractivity contribution in [3.63, 3.8) is 0 Å². The van der Waals surface area contributed by atoms with E-state index in [1.54, 1.807) is 50.7 Å². The van der Waals surface area contributed by atoms with Crippen LogP contribution in [0.4, 0.5) is 0 Å². The topological polar surface area (TPSA) is 83.7 Å². The first-order chi connectivity index (χ1) is 13.5. The summed E-state index contributed by atoms with van der Waals surface area (Å²) in [6, 6.07) is 10.6. The molecule has 0 fully saturated rings. The predicted octanol–water partition coefficient (Wildman–Crippen LogP) is 3.73. The average Bonchev–Trinajstić information content (AvgIpc) is 2.71. The molecule has 6 nitrogen and oxygen atoms in total. The van der Waals surface area contributed by atoms with Crippen LogP contribution in [0.2, 0.25) is 0 Å². The van der Waals surface area contributed by atoms with Crippen molar-refractivity contribution >= 4 is 16.6 Å². The third-order valence-electron chi connectivity index (χ3n) is 4.40. The van der Waals surface area contributed by atoms with E-state index in [9.17, 15) is 4.79 Å². The first-order valence-corrected chi connectivity index (χ1v) is 9.03. The molecule has 0 aliphatic rings. The van der Waals surface area contributed by atoms with E-state index < -0.39 is 0 Å². The molecule has 0 aliphatic carbocycles. The Bertz CT molecular complexity index is 998. The normalized spacial score (nSPS) is 10.9.